The highest BCUT2D eigenvalue weighted by Crippen LogP contribution is 2.29. The van der Waals surface area contributed by atoms with Gasteiger partial charge in [-0.25, -0.2) is 4.98 Å². The summed E-state index contributed by atoms with van der Waals surface area (Å²) in [7, 11) is 5.70. The predicted octanol–water partition coefficient (Wildman–Crippen LogP) is 5.82. The van der Waals surface area contributed by atoms with Gasteiger partial charge in [-0.05, 0) is 48.9 Å². The molecule has 35 heavy (non-hydrogen) atoms. The molecule has 4 rings (SSSR count). The summed E-state index contributed by atoms with van der Waals surface area (Å²) in [5.74, 6) is 1.68. The van der Waals surface area contributed by atoms with Crippen LogP contribution in [-0.2, 0) is 6.54 Å². The highest BCUT2D eigenvalue weighted by atomic mass is 32.1. The van der Waals surface area contributed by atoms with Crippen LogP contribution in [0.4, 0.5) is 5.13 Å². The average molecular weight is 492 g/mol. The van der Waals surface area contributed by atoms with E-state index in [0.717, 1.165) is 59.4 Å². The maximum Gasteiger partial charge on any atom is 0.183 e. The lowest BCUT2D eigenvalue weighted by atomic mass is 9.91. The van der Waals surface area contributed by atoms with Gasteiger partial charge in [0, 0.05) is 25.8 Å². The normalized spacial score (nSPS) is 16.9. The van der Waals surface area contributed by atoms with E-state index >= 15 is 0 Å². The van der Waals surface area contributed by atoms with E-state index in [-0.39, 0.29) is 5.54 Å². The maximum absolute atomic E-state index is 5.30. The Labute approximate surface area is 213 Å². The van der Waals surface area contributed by atoms with Crippen LogP contribution in [0.25, 0.3) is 16.3 Å². The Morgan fingerprint density at radius 2 is 2.00 bits per heavy atom. The summed E-state index contributed by atoms with van der Waals surface area (Å²) in [5, 5.41) is 10.7. The molecule has 2 heterocycles. The van der Waals surface area contributed by atoms with Gasteiger partial charge in [0.25, 0.3) is 0 Å². The van der Waals surface area contributed by atoms with Gasteiger partial charge >= 0.3 is 0 Å². The van der Waals surface area contributed by atoms with Crippen LogP contribution >= 0.6 is 11.3 Å². The van der Waals surface area contributed by atoms with Crippen LogP contribution in [0.5, 0.6) is 5.75 Å². The quantitative estimate of drug-likeness (QED) is 0.350. The van der Waals surface area contributed by atoms with Crippen LogP contribution in [0.15, 0.2) is 73.7 Å². The molecule has 6 nitrogen and oxygen atoms in total. The van der Waals surface area contributed by atoms with E-state index in [2.05, 4.69) is 71.7 Å². The molecule has 0 spiro atoms. The summed E-state index contributed by atoms with van der Waals surface area (Å²) in [5.41, 5.74) is 4.24. The van der Waals surface area contributed by atoms with Crippen molar-refractivity contribution in [2.75, 3.05) is 33.1 Å². The number of ether oxygens (including phenoxy) is 1. The second kappa shape index (κ2) is 11.9. The van der Waals surface area contributed by atoms with Crippen molar-refractivity contribution in [2.24, 2.45) is 0 Å². The zero-order valence-corrected chi connectivity index (χ0v) is 22.1. The number of benzene rings is 2. The van der Waals surface area contributed by atoms with Crippen LogP contribution in [0.1, 0.15) is 30.9 Å². The Morgan fingerprint density at radius 1 is 1.23 bits per heavy atom. The van der Waals surface area contributed by atoms with Gasteiger partial charge in [-0.1, -0.05) is 68.7 Å². The minimum absolute atomic E-state index is 0.165. The van der Waals surface area contributed by atoms with Gasteiger partial charge in [0.05, 0.1) is 28.7 Å². The van der Waals surface area contributed by atoms with Crippen molar-refractivity contribution in [3.05, 3.63) is 84.8 Å². The van der Waals surface area contributed by atoms with E-state index < -0.39 is 0 Å². The number of hydrogen-bond acceptors (Lipinski definition) is 7. The summed E-state index contributed by atoms with van der Waals surface area (Å²) in [6, 6.07) is 14.2. The van der Waals surface area contributed by atoms with Crippen LogP contribution in [0.2, 0.25) is 0 Å². The fourth-order valence-electron chi connectivity index (χ4n) is 4.37. The number of thiazole rings is 1. The molecule has 7 heteroatoms. The van der Waals surface area contributed by atoms with E-state index in [1.807, 2.05) is 43.5 Å². The lowest BCUT2D eigenvalue weighted by Crippen LogP contribution is -2.49. The molecule has 1 aliphatic heterocycles. The van der Waals surface area contributed by atoms with Crippen LogP contribution in [-0.4, -0.2) is 43.2 Å². The minimum Gasteiger partial charge on any atom is -0.497 e. The number of likely N-dealkylation sites (N-methyl/N-ethyl adjacent to an activating group) is 1. The molecule has 0 radical (unpaired) electrons. The van der Waals surface area contributed by atoms with Crippen LogP contribution in [0.3, 0.4) is 0 Å². The molecule has 0 amide bonds. The standard InChI is InChI=1S/C20H29N3O.C8H8N2S/c1-7-11-20(15(3)21-16(4)22-20)14-23(5)13-18-9-10-19(24-6)12-17(18)8-2;1-9-8-10-6-4-2-3-5-7(6)11-8/h8-10,12,21-22H,2-4,7,11,13-14H2,1,5-6H3;2-5H,1H3,(H,9,10). The summed E-state index contributed by atoms with van der Waals surface area (Å²) in [6.45, 7) is 16.0. The second-order valence-corrected chi connectivity index (χ2v) is 9.75. The smallest absolute Gasteiger partial charge is 0.183 e. The lowest BCUT2D eigenvalue weighted by Gasteiger charge is -2.34. The number of anilines is 1. The number of rotatable bonds is 9. The van der Waals surface area contributed by atoms with Crippen LogP contribution in [0, 0.1) is 0 Å². The van der Waals surface area contributed by atoms with Gasteiger partial charge in [0.15, 0.2) is 5.13 Å². The molecule has 2 aromatic carbocycles. The lowest BCUT2D eigenvalue weighted by molar-refractivity contribution is 0.238. The first-order valence-electron chi connectivity index (χ1n) is 11.8. The highest BCUT2D eigenvalue weighted by Gasteiger charge is 2.38. The third-order valence-electron chi connectivity index (χ3n) is 6.01. The van der Waals surface area contributed by atoms with E-state index in [1.54, 1.807) is 18.4 Å². The molecule has 1 unspecified atom stereocenters. The Kier molecular flexibility index (Phi) is 8.95. The molecule has 1 aromatic heterocycles. The second-order valence-electron chi connectivity index (χ2n) is 8.72. The van der Waals surface area contributed by atoms with Gasteiger partial charge in [-0.3, -0.25) is 4.90 Å². The van der Waals surface area contributed by atoms with Crippen molar-refractivity contribution in [3.8, 4) is 5.75 Å². The van der Waals surface area contributed by atoms with Crippen molar-refractivity contribution in [1.29, 1.82) is 0 Å². The van der Waals surface area contributed by atoms with Crippen molar-refractivity contribution in [2.45, 2.75) is 31.8 Å². The van der Waals surface area contributed by atoms with Gasteiger partial charge in [-0.15, -0.1) is 0 Å². The van der Waals surface area contributed by atoms with E-state index in [0.29, 0.717) is 0 Å². The summed E-state index contributed by atoms with van der Waals surface area (Å²) >= 11 is 1.68. The minimum atomic E-state index is -0.165. The average Bonchev–Trinajstić information content (AvgIpc) is 3.39. The molecule has 0 saturated carbocycles. The molecule has 3 aromatic rings. The molecule has 0 aliphatic carbocycles. The van der Waals surface area contributed by atoms with Crippen LogP contribution < -0.4 is 20.7 Å². The van der Waals surface area contributed by atoms with Gasteiger partial charge in [-0.2, -0.15) is 0 Å². The molecule has 3 N–H and O–H groups in total. The van der Waals surface area contributed by atoms with Crippen molar-refractivity contribution in [1.82, 2.24) is 20.5 Å². The molecule has 1 fully saturated rings. The summed E-state index contributed by atoms with van der Waals surface area (Å²) in [4.78, 5) is 6.65. The SMILES string of the molecule is C=Cc1cc(OC)ccc1CN(C)CC1(CCC)NC(=C)NC1=C.CNc1nc2ccccc2s1. The van der Waals surface area contributed by atoms with Crippen molar-refractivity contribution < 1.29 is 4.74 Å². The number of methoxy groups -OCH3 is 1. The fourth-order valence-corrected chi connectivity index (χ4v) is 5.19. The Hall–Kier alpha value is -3.29. The summed E-state index contributed by atoms with van der Waals surface area (Å²) < 4.78 is 6.53. The fraction of sp³-hybridized carbons (Fsp3) is 0.321. The van der Waals surface area contributed by atoms with Gasteiger partial charge in [0.2, 0.25) is 0 Å². The van der Waals surface area contributed by atoms with Crippen molar-refractivity contribution in [3.63, 3.8) is 0 Å². The first-order chi connectivity index (χ1) is 16.8. The zero-order chi connectivity index (χ0) is 25.4. The Bertz CT molecular complexity index is 1150. The molecule has 1 atom stereocenters. The number of para-hydroxylation sites is 1. The zero-order valence-electron chi connectivity index (χ0n) is 21.3. The predicted molar refractivity (Wildman–Crippen MR) is 151 cm³/mol. The number of aromatic nitrogens is 1. The molecule has 186 valence electrons. The third kappa shape index (κ3) is 6.44. The largest absolute Gasteiger partial charge is 0.497 e. The number of nitrogens with one attached hydrogen (secondary N) is 3. The topological polar surface area (TPSA) is 61.5 Å². The highest BCUT2D eigenvalue weighted by molar-refractivity contribution is 7.22. The molecular weight excluding hydrogens is 454 g/mol. The van der Waals surface area contributed by atoms with Gasteiger partial charge in [0.1, 0.15) is 5.75 Å². The van der Waals surface area contributed by atoms with E-state index in [4.69, 9.17) is 4.74 Å². The Balaban J connectivity index is 0.000000256. The summed E-state index contributed by atoms with van der Waals surface area (Å²) in [6.07, 6.45) is 3.97. The molecule has 0 bridgehead atoms. The van der Waals surface area contributed by atoms with E-state index in [9.17, 15) is 0 Å². The molecule has 1 saturated heterocycles. The molecule has 1 aliphatic rings. The first-order valence-corrected chi connectivity index (χ1v) is 12.6. The number of hydrogen-bond donors (Lipinski definition) is 3. The maximum atomic E-state index is 5.30. The van der Waals surface area contributed by atoms with Crippen molar-refractivity contribution >= 4 is 32.8 Å². The monoisotopic (exact) mass is 491 g/mol. The first kappa shape index (κ1) is 26.3. The van der Waals surface area contributed by atoms with E-state index in [1.165, 1.54) is 10.3 Å². The Morgan fingerprint density at radius 3 is 2.60 bits per heavy atom. The van der Waals surface area contributed by atoms with Gasteiger partial charge < -0.3 is 20.7 Å². The number of nitrogens with zero attached hydrogens (tertiary/aromatic N) is 2. The number of fused-ring (bicyclic) bond motifs is 1. The molecular formula is C28H37N5OS. The third-order valence-corrected chi connectivity index (χ3v) is 7.06.